The van der Waals surface area contributed by atoms with Crippen molar-refractivity contribution >= 4 is 27.3 Å². The highest BCUT2D eigenvalue weighted by Gasteiger charge is 2.50. The summed E-state index contributed by atoms with van der Waals surface area (Å²) in [5.41, 5.74) is 3.67. The number of hydrogen-bond donors (Lipinski definition) is 0. The molecule has 2 heterocycles. The quantitative estimate of drug-likeness (QED) is 0.316. The Balaban J connectivity index is 1.64. The van der Waals surface area contributed by atoms with Gasteiger partial charge in [-0.05, 0) is 61.0 Å². The van der Waals surface area contributed by atoms with E-state index in [0.29, 0.717) is 16.9 Å². The molecule has 5 rings (SSSR count). The molecule has 1 fully saturated rings. The normalized spacial score (nSPS) is 18.2. The zero-order valence-electron chi connectivity index (χ0n) is 20.9. The summed E-state index contributed by atoms with van der Waals surface area (Å²) in [7, 11) is -2.05. The molecule has 0 N–H and O–H groups in total. The molecule has 37 heavy (non-hydrogen) atoms. The molecular formula is C30H29N3O3S. The largest absolute Gasteiger partial charge is 0.353 e. The Morgan fingerprint density at radius 2 is 1.43 bits per heavy atom. The predicted molar refractivity (Wildman–Crippen MR) is 146 cm³/mol. The van der Waals surface area contributed by atoms with Crippen molar-refractivity contribution in [1.82, 2.24) is 8.87 Å². The van der Waals surface area contributed by atoms with Gasteiger partial charge in [0.2, 0.25) is 15.9 Å². The number of aromatic nitrogens is 1. The number of rotatable bonds is 6. The van der Waals surface area contributed by atoms with Gasteiger partial charge < -0.3 is 4.57 Å². The highest BCUT2D eigenvalue weighted by molar-refractivity contribution is 7.89. The number of benzene rings is 3. The number of amides is 1. The minimum Gasteiger partial charge on any atom is -0.353 e. The molecule has 6 nitrogen and oxygen atoms in total. The van der Waals surface area contributed by atoms with Crippen molar-refractivity contribution in [3.8, 4) is 0 Å². The number of aryl methyl sites for hydroxylation is 2. The zero-order chi connectivity index (χ0) is 26.2. The highest BCUT2D eigenvalue weighted by atomic mass is 32.2. The summed E-state index contributed by atoms with van der Waals surface area (Å²) in [4.78, 5) is 16.3. The van der Waals surface area contributed by atoms with Crippen LogP contribution in [0.15, 0.2) is 120 Å². The standard InChI is InChI=1S/C30H29N3O3S/c1-22-16-18-26(19-17-22)37(35,36)32-21-23(2)28(29(32)27-15-10-20-31(27)3)30(34)33(24-11-6-4-7-12-24)25-13-8-5-9-14-25/h4-20,28-29H,2,21H2,1,3H3/t28-,29+/m1/s1. The molecule has 0 spiro atoms. The summed E-state index contributed by atoms with van der Waals surface area (Å²) in [6, 6.07) is 28.6. The fraction of sp³-hybridized carbons (Fsp3) is 0.167. The first-order valence-corrected chi connectivity index (χ1v) is 13.5. The average molecular weight is 512 g/mol. The van der Waals surface area contributed by atoms with Gasteiger partial charge in [0, 0.05) is 36.9 Å². The minimum atomic E-state index is -3.91. The third-order valence-electron chi connectivity index (χ3n) is 6.85. The first-order valence-electron chi connectivity index (χ1n) is 12.1. The van der Waals surface area contributed by atoms with Crippen molar-refractivity contribution in [3.05, 3.63) is 127 Å². The number of para-hydroxylation sites is 2. The maximum absolute atomic E-state index is 14.5. The van der Waals surface area contributed by atoms with Crippen molar-refractivity contribution in [3.63, 3.8) is 0 Å². The van der Waals surface area contributed by atoms with Gasteiger partial charge in [-0.15, -0.1) is 0 Å². The monoisotopic (exact) mass is 511 g/mol. The minimum absolute atomic E-state index is 0.0554. The number of carbonyl (C=O) groups excluding carboxylic acids is 1. The molecule has 1 aliphatic heterocycles. The average Bonchev–Trinajstić information content (AvgIpc) is 3.48. The van der Waals surface area contributed by atoms with Gasteiger partial charge >= 0.3 is 0 Å². The molecule has 0 unspecified atom stereocenters. The van der Waals surface area contributed by atoms with Gasteiger partial charge in [0.05, 0.1) is 16.9 Å². The van der Waals surface area contributed by atoms with Crippen LogP contribution in [0, 0.1) is 12.8 Å². The topological polar surface area (TPSA) is 62.6 Å². The SMILES string of the molecule is C=C1CN(S(=O)(=O)c2ccc(C)cc2)[C@@H](c2cccn2C)[C@@H]1C(=O)N(c1ccccc1)c1ccccc1. The van der Waals surface area contributed by atoms with Crippen LogP contribution in [0.2, 0.25) is 0 Å². The van der Waals surface area contributed by atoms with Crippen molar-refractivity contribution < 1.29 is 13.2 Å². The number of anilines is 2. The molecule has 0 saturated carbocycles. The second-order valence-corrected chi connectivity index (χ2v) is 11.2. The fourth-order valence-electron chi connectivity index (χ4n) is 4.97. The lowest BCUT2D eigenvalue weighted by molar-refractivity contribution is -0.121. The van der Waals surface area contributed by atoms with Crippen LogP contribution in [-0.4, -0.2) is 29.7 Å². The molecule has 1 aliphatic rings. The van der Waals surface area contributed by atoms with E-state index in [1.165, 1.54) is 4.31 Å². The zero-order valence-corrected chi connectivity index (χ0v) is 21.7. The van der Waals surface area contributed by atoms with Crippen LogP contribution >= 0.6 is 0 Å². The van der Waals surface area contributed by atoms with Crippen LogP contribution in [0.3, 0.4) is 0 Å². The molecule has 4 aromatic rings. The van der Waals surface area contributed by atoms with Crippen molar-refractivity contribution in [2.24, 2.45) is 13.0 Å². The molecule has 3 aromatic carbocycles. The second-order valence-electron chi connectivity index (χ2n) is 9.33. The molecular weight excluding hydrogens is 482 g/mol. The van der Waals surface area contributed by atoms with E-state index < -0.39 is 22.0 Å². The lowest BCUT2D eigenvalue weighted by Crippen LogP contribution is -2.39. The molecule has 1 aromatic heterocycles. The van der Waals surface area contributed by atoms with Gasteiger partial charge in [0.25, 0.3) is 0 Å². The van der Waals surface area contributed by atoms with E-state index in [0.717, 1.165) is 11.3 Å². The third-order valence-corrected chi connectivity index (χ3v) is 8.70. The van der Waals surface area contributed by atoms with Crippen molar-refractivity contribution in [1.29, 1.82) is 0 Å². The predicted octanol–water partition coefficient (Wildman–Crippen LogP) is 5.62. The maximum Gasteiger partial charge on any atom is 0.244 e. The summed E-state index contributed by atoms with van der Waals surface area (Å²) < 4.78 is 31.2. The summed E-state index contributed by atoms with van der Waals surface area (Å²) in [6.45, 7) is 6.19. The van der Waals surface area contributed by atoms with Gasteiger partial charge in [-0.3, -0.25) is 9.69 Å². The van der Waals surface area contributed by atoms with E-state index in [1.54, 1.807) is 29.2 Å². The van der Waals surface area contributed by atoms with Gasteiger partial charge in [-0.2, -0.15) is 4.31 Å². The van der Waals surface area contributed by atoms with Gasteiger partial charge in [0.1, 0.15) is 0 Å². The summed E-state index contributed by atoms with van der Waals surface area (Å²) in [5, 5.41) is 0. The first-order chi connectivity index (χ1) is 17.8. The van der Waals surface area contributed by atoms with E-state index in [2.05, 4.69) is 6.58 Å². The first kappa shape index (κ1) is 24.7. The van der Waals surface area contributed by atoms with Crippen LogP contribution in [-0.2, 0) is 21.9 Å². The summed E-state index contributed by atoms with van der Waals surface area (Å²) in [6.07, 6.45) is 1.86. The van der Waals surface area contributed by atoms with Crippen LogP contribution in [0.25, 0.3) is 0 Å². The molecule has 1 saturated heterocycles. The smallest absolute Gasteiger partial charge is 0.244 e. The van der Waals surface area contributed by atoms with Crippen molar-refractivity contribution in [2.45, 2.75) is 17.9 Å². The highest BCUT2D eigenvalue weighted by Crippen LogP contribution is 2.45. The number of carbonyl (C=O) groups is 1. The van der Waals surface area contributed by atoms with E-state index >= 15 is 0 Å². The molecule has 1 amide bonds. The van der Waals surface area contributed by atoms with Crippen LogP contribution < -0.4 is 4.90 Å². The Morgan fingerprint density at radius 1 is 0.865 bits per heavy atom. The van der Waals surface area contributed by atoms with Crippen LogP contribution in [0.5, 0.6) is 0 Å². The van der Waals surface area contributed by atoms with E-state index in [9.17, 15) is 13.2 Å². The van der Waals surface area contributed by atoms with Gasteiger partial charge in [-0.1, -0.05) is 60.7 Å². The number of sulfonamides is 1. The Kier molecular flexibility index (Phi) is 6.58. The van der Waals surface area contributed by atoms with E-state index in [4.69, 9.17) is 0 Å². The van der Waals surface area contributed by atoms with Crippen LogP contribution in [0.4, 0.5) is 11.4 Å². The summed E-state index contributed by atoms with van der Waals surface area (Å²) >= 11 is 0. The molecule has 188 valence electrons. The molecule has 0 radical (unpaired) electrons. The van der Waals surface area contributed by atoms with Crippen LogP contribution in [0.1, 0.15) is 17.3 Å². The van der Waals surface area contributed by atoms with Crippen molar-refractivity contribution in [2.75, 3.05) is 11.4 Å². The molecule has 2 atom stereocenters. The number of nitrogens with zero attached hydrogens (tertiary/aromatic N) is 3. The molecule has 0 bridgehead atoms. The van der Waals surface area contributed by atoms with E-state index in [-0.39, 0.29) is 17.3 Å². The lowest BCUT2D eigenvalue weighted by Gasteiger charge is -2.31. The third kappa shape index (κ3) is 4.52. The fourth-order valence-corrected chi connectivity index (χ4v) is 6.59. The lowest BCUT2D eigenvalue weighted by atomic mass is 9.92. The maximum atomic E-state index is 14.5. The summed E-state index contributed by atoms with van der Waals surface area (Å²) in [5.74, 6) is -1.01. The second kappa shape index (κ2) is 9.84. The van der Waals surface area contributed by atoms with E-state index in [1.807, 2.05) is 97.5 Å². The van der Waals surface area contributed by atoms with Gasteiger partial charge in [0.15, 0.2) is 0 Å². The Labute approximate surface area is 218 Å². The number of hydrogen-bond acceptors (Lipinski definition) is 3. The van der Waals surface area contributed by atoms with Gasteiger partial charge in [-0.25, -0.2) is 8.42 Å². The Hall–Kier alpha value is -3.94. The molecule has 7 heteroatoms. The Bertz CT molecular complexity index is 1490. The molecule has 0 aliphatic carbocycles. The Morgan fingerprint density at radius 3 is 1.95 bits per heavy atom.